The number of hydrogen-bond acceptors (Lipinski definition) is 2. The van der Waals surface area contributed by atoms with Crippen molar-refractivity contribution in [1.29, 1.82) is 0 Å². The van der Waals surface area contributed by atoms with Crippen molar-refractivity contribution in [1.82, 2.24) is 9.38 Å². The Balaban J connectivity index is 2.26. The molecule has 3 rings (SSSR count). The molecule has 0 saturated heterocycles. The first-order chi connectivity index (χ1) is 10.5. The van der Waals surface area contributed by atoms with Gasteiger partial charge < -0.3 is 5.11 Å². The Labute approximate surface area is 139 Å². The first kappa shape index (κ1) is 14.8. The Kier molecular flexibility index (Phi) is 4.00. The number of nitrogens with zero attached hydrogens (tertiary/aromatic N) is 2. The van der Waals surface area contributed by atoms with Crippen LogP contribution >= 0.6 is 27.5 Å². The van der Waals surface area contributed by atoms with Gasteiger partial charge in [-0.05, 0) is 46.3 Å². The molecule has 0 aliphatic heterocycles. The maximum atomic E-state index is 10.8. The number of carboxylic acid groups (broad SMARTS) is 1. The molecule has 1 aromatic carbocycles. The number of fused-ring (bicyclic) bond motifs is 1. The third-order valence-electron chi connectivity index (χ3n) is 3.12. The molecule has 0 aliphatic carbocycles. The van der Waals surface area contributed by atoms with Crippen LogP contribution < -0.4 is 0 Å². The highest BCUT2D eigenvalue weighted by Crippen LogP contribution is 2.27. The zero-order chi connectivity index (χ0) is 15.7. The van der Waals surface area contributed by atoms with Crippen molar-refractivity contribution in [3.63, 3.8) is 0 Å². The minimum Gasteiger partial charge on any atom is -0.478 e. The lowest BCUT2D eigenvalue weighted by atomic mass is 10.1. The van der Waals surface area contributed by atoms with Gasteiger partial charge in [0, 0.05) is 27.3 Å². The largest absolute Gasteiger partial charge is 0.478 e. The summed E-state index contributed by atoms with van der Waals surface area (Å²) in [6, 6.07) is 11.0. The second-order valence-electron chi connectivity index (χ2n) is 4.60. The summed E-state index contributed by atoms with van der Waals surface area (Å²) in [6.07, 6.45) is 4.49. The van der Waals surface area contributed by atoms with E-state index in [2.05, 4.69) is 20.9 Å². The van der Waals surface area contributed by atoms with Gasteiger partial charge in [0.2, 0.25) is 0 Å². The lowest BCUT2D eigenvalue weighted by molar-refractivity contribution is -0.131. The van der Waals surface area contributed by atoms with Crippen LogP contribution in [0.4, 0.5) is 0 Å². The third-order valence-corrected chi connectivity index (χ3v) is 3.84. The summed E-state index contributed by atoms with van der Waals surface area (Å²) in [5.74, 6) is -1.01. The van der Waals surface area contributed by atoms with E-state index in [1.165, 1.54) is 0 Å². The molecule has 3 aromatic rings. The number of hydrogen-bond donors (Lipinski definition) is 1. The number of rotatable bonds is 3. The lowest BCUT2D eigenvalue weighted by Crippen LogP contribution is -1.91. The van der Waals surface area contributed by atoms with E-state index in [4.69, 9.17) is 16.7 Å². The summed E-state index contributed by atoms with van der Waals surface area (Å²) >= 11 is 9.33. The monoisotopic (exact) mass is 376 g/mol. The number of imidazole rings is 1. The van der Waals surface area contributed by atoms with E-state index in [1.54, 1.807) is 18.2 Å². The van der Waals surface area contributed by atoms with Gasteiger partial charge in [-0.15, -0.1) is 0 Å². The van der Waals surface area contributed by atoms with Gasteiger partial charge in [0.15, 0.2) is 0 Å². The first-order valence-corrected chi connectivity index (χ1v) is 7.56. The second kappa shape index (κ2) is 5.94. The van der Waals surface area contributed by atoms with Gasteiger partial charge in [-0.25, -0.2) is 9.78 Å². The minimum atomic E-state index is -1.01. The molecular weight excluding hydrogens is 368 g/mol. The van der Waals surface area contributed by atoms with Gasteiger partial charge in [-0.2, -0.15) is 0 Å². The molecule has 0 unspecified atom stereocenters. The van der Waals surface area contributed by atoms with Crippen molar-refractivity contribution in [2.24, 2.45) is 0 Å². The fraction of sp³-hybridized carbons (Fsp3) is 0. The van der Waals surface area contributed by atoms with Gasteiger partial charge >= 0.3 is 5.97 Å². The average Bonchev–Trinajstić information content (AvgIpc) is 2.83. The van der Waals surface area contributed by atoms with Crippen LogP contribution in [0.25, 0.3) is 23.0 Å². The van der Waals surface area contributed by atoms with E-state index < -0.39 is 5.97 Å². The average molecular weight is 378 g/mol. The van der Waals surface area contributed by atoms with E-state index in [0.29, 0.717) is 16.4 Å². The van der Waals surface area contributed by atoms with E-state index in [9.17, 15) is 4.79 Å². The third kappa shape index (κ3) is 2.91. The maximum absolute atomic E-state index is 10.8. The molecule has 2 aromatic heterocycles. The van der Waals surface area contributed by atoms with Crippen molar-refractivity contribution < 1.29 is 9.90 Å². The molecule has 0 aliphatic rings. The van der Waals surface area contributed by atoms with Crippen LogP contribution in [-0.4, -0.2) is 20.5 Å². The standard InChI is InChI=1S/C16H10BrClN2O2/c17-11-3-7-14-19-16(10-1-4-12(18)5-2-10)13(20(14)9-11)6-8-15(21)22/h1-9H,(H,21,22)/b8-6+. The van der Waals surface area contributed by atoms with E-state index in [0.717, 1.165) is 21.8 Å². The van der Waals surface area contributed by atoms with Crippen LogP contribution in [0, 0.1) is 0 Å². The summed E-state index contributed by atoms with van der Waals surface area (Å²) in [6.45, 7) is 0. The van der Waals surface area contributed by atoms with Crippen LogP contribution in [-0.2, 0) is 4.79 Å². The fourth-order valence-electron chi connectivity index (χ4n) is 2.17. The molecule has 6 heteroatoms. The molecule has 110 valence electrons. The van der Waals surface area contributed by atoms with Crippen molar-refractivity contribution in [3.8, 4) is 11.3 Å². The summed E-state index contributed by atoms with van der Waals surface area (Å²) in [5, 5.41) is 9.53. The fourth-order valence-corrected chi connectivity index (χ4v) is 2.63. The smallest absolute Gasteiger partial charge is 0.328 e. The highest BCUT2D eigenvalue weighted by Gasteiger charge is 2.12. The molecule has 0 bridgehead atoms. The molecule has 22 heavy (non-hydrogen) atoms. The number of aromatic nitrogens is 2. The van der Waals surface area contributed by atoms with Crippen molar-refractivity contribution >= 4 is 45.2 Å². The Bertz CT molecular complexity index is 885. The molecule has 0 atom stereocenters. The number of benzene rings is 1. The molecule has 0 fully saturated rings. The highest BCUT2D eigenvalue weighted by molar-refractivity contribution is 9.10. The van der Waals surface area contributed by atoms with Gasteiger partial charge in [0.25, 0.3) is 0 Å². The number of carboxylic acids is 1. The van der Waals surface area contributed by atoms with Gasteiger partial charge in [0.05, 0.1) is 11.4 Å². The maximum Gasteiger partial charge on any atom is 0.328 e. The van der Waals surface area contributed by atoms with Gasteiger partial charge in [0.1, 0.15) is 5.65 Å². The van der Waals surface area contributed by atoms with Gasteiger partial charge in [-0.3, -0.25) is 4.40 Å². The number of halogens is 2. The molecule has 4 nitrogen and oxygen atoms in total. The Morgan fingerprint density at radius 1 is 1.23 bits per heavy atom. The van der Waals surface area contributed by atoms with E-state index in [-0.39, 0.29) is 0 Å². The quantitative estimate of drug-likeness (QED) is 0.683. The van der Waals surface area contributed by atoms with Crippen molar-refractivity contribution in [2.75, 3.05) is 0 Å². The molecular formula is C16H10BrClN2O2. The number of carbonyl (C=O) groups is 1. The SMILES string of the molecule is O=C(O)/C=C/c1c(-c2ccc(Cl)cc2)nc2ccc(Br)cn12. The Morgan fingerprint density at radius 2 is 1.95 bits per heavy atom. The lowest BCUT2D eigenvalue weighted by Gasteiger charge is -2.01. The molecule has 0 spiro atoms. The van der Waals surface area contributed by atoms with Crippen LogP contribution in [0.5, 0.6) is 0 Å². The topological polar surface area (TPSA) is 54.6 Å². The van der Waals surface area contributed by atoms with Crippen LogP contribution in [0.15, 0.2) is 53.1 Å². The normalized spacial score (nSPS) is 11.4. The van der Waals surface area contributed by atoms with Crippen molar-refractivity contribution in [2.45, 2.75) is 0 Å². The molecule has 0 radical (unpaired) electrons. The van der Waals surface area contributed by atoms with E-state index in [1.807, 2.05) is 34.9 Å². The molecule has 0 saturated carbocycles. The second-order valence-corrected chi connectivity index (χ2v) is 5.95. The predicted octanol–water partition coefficient (Wildman–Crippen LogP) is 4.52. The Hall–Kier alpha value is -2.11. The first-order valence-electron chi connectivity index (χ1n) is 6.39. The van der Waals surface area contributed by atoms with Crippen LogP contribution in [0.2, 0.25) is 5.02 Å². The highest BCUT2D eigenvalue weighted by atomic mass is 79.9. The molecule has 2 heterocycles. The molecule has 0 amide bonds. The van der Waals surface area contributed by atoms with E-state index >= 15 is 0 Å². The number of aliphatic carboxylic acids is 1. The number of pyridine rings is 1. The van der Waals surface area contributed by atoms with Gasteiger partial charge in [-0.1, -0.05) is 23.7 Å². The summed E-state index contributed by atoms with van der Waals surface area (Å²) < 4.78 is 2.72. The minimum absolute atomic E-state index is 0.637. The van der Waals surface area contributed by atoms with Crippen LogP contribution in [0.3, 0.4) is 0 Å². The predicted molar refractivity (Wildman–Crippen MR) is 90.0 cm³/mol. The summed E-state index contributed by atoms with van der Waals surface area (Å²) in [7, 11) is 0. The summed E-state index contributed by atoms with van der Waals surface area (Å²) in [5.41, 5.74) is 3.00. The Morgan fingerprint density at radius 3 is 2.64 bits per heavy atom. The zero-order valence-corrected chi connectivity index (χ0v) is 13.5. The van der Waals surface area contributed by atoms with Crippen molar-refractivity contribution in [3.05, 3.63) is 63.9 Å². The zero-order valence-electron chi connectivity index (χ0n) is 11.2. The molecule has 1 N–H and O–H groups in total. The van der Waals surface area contributed by atoms with Crippen LogP contribution in [0.1, 0.15) is 5.69 Å². The summed E-state index contributed by atoms with van der Waals surface area (Å²) in [4.78, 5) is 15.4.